The molecule has 1 rings (SSSR count). The predicted octanol–water partition coefficient (Wildman–Crippen LogP) is 2.09. The van der Waals surface area contributed by atoms with Gasteiger partial charge < -0.3 is 15.6 Å². The molecule has 1 unspecified atom stereocenters. The fourth-order valence-electron chi connectivity index (χ4n) is 1.45. The lowest BCUT2D eigenvalue weighted by atomic mass is 10.1. The Morgan fingerprint density at radius 2 is 2.24 bits per heavy atom. The number of hydrogen-bond acceptors (Lipinski definition) is 3. The normalized spacial score (nSPS) is 14.1. The van der Waals surface area contributed by atoms with E-state index in [0.29, 0.717) is 12.0 Å². The molecule has 3 N–H and O–H groups in total. The summed E-state index contributed by atoms with van der Waals surface area (Å²) in [6.45, 7) is 3.41. The third kappa shape index (κ3) is 3.42. The number of aliphatic carboxylic acids is 1. The van der Waals surface area contributed by atoms with Gasteiger partial charge in [-0.25, -0.2) is 9.18 Å². The quantitative estimate of drug-likeness (QED) is 0.827. The van der Waals surface area contributed by atoms with Gasteiger partial charge >= 0.3 is 5.97 Å². The van der Waals surface area contributed by atoms with Gasteiger partial charge in [0.1, 0.15) is 11.6 Å². The second-order valence-corrected chi connectivity index (χ2v) is 3.82. The first-order valence-corrected chi connectivity index (χ1v) is 5.40. The zero-order valence-electron chi connectivity index (χ0n) is 9.81. The summed E-state index contributed by atoms with van der Waals surface area (Å²) in [5.74, 6) is -1.37. The van der Waals surface area contributed by atoms with Crippen molar-refractivity contribution >= 4 is 5.97 Å². The van der Waals surface area contributed by atoms with Crippen LogP contribution in [-0.2, 0) is 4.79 Å². The Morgan fingerprint density at radius 1 is 1.59 bits per heavy atom. The lowest BCUT2D eigenvalue weighted by Crippen LogP contribution is -2.26. The maximum absolute atomic E-state index is 13.1. The van der Waals surface area contributed by atoms with Gasteiger partial charge in [-0.1, -0.05) is 13.0 Å². The maximum Gasteiger partial charge on any atom is 0.344 e. The first kappa shape index (κ1) is 13.4. The van der Waals surface area contributed by atoms with Crippen LogP contribution in [0, 0.1) is 5.82 Å². The van der Waals surface area contributed by atoms with Crippen molar-refractivity contribution in [1.82, 2.24) is 0 Å². The van der Waals surface area contributed by atoms with Crippen molar-refractivity contribution in [3.8, 4) is 5.75 Å². The van der Waals surface area contributed by atoms with Gasteiger partial charge in [0.15, 0.2) is 6.10 Å². The van der Waals surface area contributed by atoms with Gasteiger partial charge in [0.05, 0.1) is 0 Å². The van der Waals surface area contributed by atoms with Gasteiger partial charge in [-0.05, 0) is 19.4 Å². The highest BCUT2D eigenvalue weighted by molar-refractivity contribution is 5.72. The molecule has 0 saturated heterocycles. The standard InChI is InChI=1S/C12H16FNO3/c1-3-10(12(15)16)17-11-6-8(13)4-5-9(11)7(2)14/h4-7,10H,3,14H2,1-2H3,(H,15,16)/t7-,10?/m1/s1. The highest BCUT2D eigenvalue weighted by Gasteiger charge is 2.19. The minimum absolute atomic E-state index is 0.189. The van der Waals surface area contributed by atoms with E-state index in [1.165, 1.54) is 12.1 Å². The largest absolute Gasteiger partial charge is 0.479 e. The van der Waals surface area contributed by atoms with Crippen molar-refractivity contribution in [2.45, 2.75) is 32.4 Å². The molecular weight excluding hydrogens is 225 g/mol. The second kappa shape index (κ2) is 5.63. The minimum atomic E-state index is -1.08. The highest BCUT2D eigenvalue weighted by Crippen LogP contribution is 2.26. The first-order valence-electron chi connectivity index (χ1n) is 5.40. The number of carbonyl (C=O) groups is 1. The molecule has 2 atom stereocenters. The zero-order chi connectivity index (χ0) is 13.0. The summed E-state index contributed by atoms with van der Waals surface area (Å²) in [6.07, 6.45) is -0.696. The second-order valence-electron chi connectivity index (χ2n) is 3.82. The number of nitrogens with two attached hydrogens (primary N) is 1. The monoisotopic (exact) mass is 241 g/mol. The molecule has 5 heteroatoms. The summed E-state index contributed by atoms with van der Waals surface area (Å²) in [6, 6.07) is 3.58. The molecule has 0 fully saturated rings. The molecule has 0 bridgehead atoms. The van der Waals surface area contributed by atoms with Crippen LogP contribution in [0.25, 0.3) is 0 Å². The summed E-state index contributed by atoms with van der Waals surface area (Å²) in [7, 11) is 0. The van der Waals surface area contributed by atoms with Gasteiger partial charge in [-0.2, -0.15) is 0 Å². The van der Waals surface area contributed by atoms with E-state index in [0.717, 1.165) is 6.07 Å². The van der Waals surface area contributed by atoms with Gasteiger partial charge in [-0.15, -0.1) is 0 Å². The number of hydrogen-bond donors (Lipinski definition) is 2. The van der Waals surface area contributed by atoms with E-state index in [2.05, 4.69) is 0 Å². The van der Waals surface area contributed by atoms with Crippen LogP contribution in [0.1, 0.15) is 31.9 Å². The number of rotatable bonds is 5. The van der Waals surface area contributed by atoms with E-state index in [-0.39, 0.29) is 11.8 Å². The fourth-order valence-corrected chi connectivity index (χ4v) is 1.45. The Bertz CT molecular complexity index is 407. The Kier molecular flexibility index (Phi) is 4.45. The van der Waals surface area contributed by atoms with Crippen LogP contribution in [0.5, 0.6) is 5.75 Å². The molecular formula is C12H16FNO3. The molecule has 0 aromatic heterocycles. The maximum atomic E-state index is 13.1. The number of carboxylic acids is 1. The lowest BCUT2D eigenvalue weighted by Gasteiger charge is -2.18. The van der Waals surface area contributed by atoms with Crippen molar-refractivity contribution in [3.63, 3.8) is 0 Å². The van der Waals surface area contributed by atoms with Gasteiger partial charge in [0, 0.05) is 17.7 Å². The molecule has 0 aliphatic carbocycles. The third-order valence-electron chi connectivity index (χ3n) is 2.38. The van der Waals surface area contributed by atoms with Gasteiger partial charge in [0.25, 0.3) is 0 Å². The van der Waals surface area contributed by atoms with Crippen LogP contribution in [0.15, 0.2) is 18.2 Å². The number of halogens is 1. The number of ether oxygens (including phenoxy) is 1. The zero-order valence-corrected chi connectivity index (χ0v) is 9.81. The molecule has 0 aliphatic heterocycles. The highest BCUT2D eigenvalue weighted by atomic mass is 19.1. The summed E-state index contributed by atoms with van der Waals surface area (Å²) in [5.41, 5.74) is 6.30. The third-order valence-corrected chi connectivity index (χ3v) is 2.38. The predicted molar refractivity (Wildman–Crippen MR) is 61.3 cm³/mol. The van der Waals surface area contributed by atoms with E-state index in [1.54, 1.807) is 13.8 Å². The Labute approximate surface area is 99.2 Å². The molecule has 94 valence electrons. The number of benzene rings is 1. The number of carboxylic acid groups (broad SMARTS) is 1. The average Bonchev–Trinajstić information content (AvgIpc) is 2.25. The average molecular weight is 241 g/mol. The van der Waals surface area contributed by atoms with Gasteiger partial charge in [0.2, 0.25) is 0 Å². The summed E-state index contributed by atoms with van der Waals surface area (Å²) in [4.78, 5) is 10.9. The van der Waals surface area contributed by atoms with E-state index < -0.39 is 17.9 Å². The van der Waals surface area contributed by atoms with Crippen molar-refractivity contribution in [2.75, 3.05) is 0 Å². The molecule has 1 aromatic rings. The van der Waals surface area contributed by atoms with Crippen LogP contribution < -0.4 is 10.5 Å². The summed E-state index contributed by atoms with van der Waals surface area (Å²) in [5, 5.41) is 8.88. The Balaban J connectivity index is 3.02. The minimum Gasteiger partial charge on any atom is -0.479 e. The molecule has 0 heterocycles. The lowest BCUT2D eigenvalue weighted by molar-refractivity contribution is -0.145. The molecule has 0 radical (unpaired) electrons. The van der Waals surface area contributed by atoms with Crippen LogP contribution in [-0.4, -0.2) is 17.2 Å². The van der Waals surface area contributed by atoms with Gasteiger partial charge in [-0.3, -0.25) is 0 Å². The van der Waals surface area contributed by atoms with E-state index in [4.69, 9.17) is 15.6 Å². The Hall–Kier alpha value is -1.62. The van der Waals surface area contributed by atoms with Crippen molar-refractivity contribution in [2.24, 2.45) is 5.73 Å². The summed E-state index contributed by atoms with van der Waals surface area (Å²) >= 11 is 0. The molecule has 0 aliphatic rings. The molecule has 4 nitrogen and oxygen atoms in total. The fraction of sp³-hybridized carbons (Fsp3) is 0.417. The van der Waals surface area contributed by atoms with Crippen molar-refractivity contribution in [1.29, 1.82) is 0 Å². The molecule has 0 amide bonds. The molecule has 1 aromatic carbocycles. The van der Waals surface area contributed by atoms with E-state index >= 15 is 0 Å². The SMILES string of the molecule is CCC(Oc1cc(F)ccc1[C@@H](C)N)C(=O)O. The van der Waals surface area contributed by atoms with Crippen LogP contribution in [0.2, 0.25) is 0 Å². The smallest absolute Gasteiger partial charge is 0.344 e. The topological polar surface area (TPSA) is 72.5 Å². The van der Waals surface area contributed by atoms with Crippen LogP contribution in [0.3, 0.4) is 0 Å². The Morgan fingerprint density at radius 3 is 2.71 bits per heavy atom. The molecule has 17 heavy (non-hydrogen) atoms. The molecule has 0 spiro atoms. The van der Waals surface area contributed by atoms with E-state index in [9.17, 15) is 9.18 Å². The van der Waals surface area contributed by atoms with Crippen LogP contribution in [0.4, 0.5) is 4.39 Å². The van der Waals surface area contributed by atoms with Crippen LogP contribution >= 0.6 is 0 Å². The van der Waals surface area contributed by atoms with E-state index in [1.807, 2.05) is 0 Å². The van der Waals surface area contributed by atoms with Crippen molar-refractivity contribution in [3.05, 3.63) is 29.6 Å². The first-order chi connectivity index (χ1) is 7.95. The van der Waals surface area contributed by atoms with Crippen molar-refractivity contribution < 1.29 is 19.0 Å². The molecule has 0 saturated carbocycles. The summed E-state index contributed by atoms with van der Waals surface area (Å²) < 4.78 is 18.4.